The number of carbonyl (C=O) groups excluding carboxylic acids is 1. The van der Waals surface area contributed by atoms with Gasteiger partial charge in [0.1, 0.15) is 5.78 Å². The third-order valence-corrected chi connectivity index (χ3v) is 4.04. The van der Waals surface area contributed by atoms with Gasteiger partial charge in [-0.05, 0) is 0 Å². The molecule has 4 aliphatic rings. The molecule has 4 bridgehead atoms. The van der Waals surface area contributed by atoms with Crippen molar-refractivity contribution in [1.29, 1.82) is 0 Å². The molecule has 4 rings (SSSR count). The second kappa shape index (κ2) is 1.48. The van der Waals surface area contributed by atoms with E-state index in [0.717, 1.165) is 0 Å². The molecule has 2 aliphatic carbocycles. The number of alkyl halides is 1. The number of hydrogen-bond donors (Lipinski definition) is 0. The first-order valence-electron chi connectivity index (χ1n) is 3.61. The highest BCUT2D eigenvalue weighted by molar-refractivity contribution is 9.09. The van der Waals surface area contributed by atoms with Crippen molar-refractivity contribution in [2.75, 3.05) is 0 Å². The van der Waals surface area contributed by atoms with Crippen LogP contribution in [0.2, 0.25) is 0 Å². The zero-order chi connectivity index (χ0) is 6.88. The monoisotopic (exact) mass is 202 g/mol. The number of ketones is 1. The quantitative estimate of drug-likeness (QED) is 0.542. The van der Waals surface area contributed by atoms with Crippen molar-refractivity contribution < 1.29 is 9.53 Å². The van der Waals surface area contributed by atoms with E-state index in [2.05, 4.69) is 15.9 Å². The fourth-order valence-electron chi connectivity index (χ4n) is 2.28. The normalized spacial score (nSPS) is 62.9. The third kappa shape index (κ3) is 0.452. The van der Waals surface area contributed by atoms with E-state index in [1.165, 1.54) is 0 Å². The molecule has 10 heavy (non-hydrogen) atoms. The van der Waals surface area contributed by atoms with Crippen molar-refractivity contribution in [2.45, 2.75) is 23.5 Å². The Morgan fingerprint density at radius 2 is 2.40 bits per heavy atom. The Morgan fingerprint density at radius 3 is 2.80 bits per heavy atom. The maximum Gasteiger partial charge on any atom is 0.141 e. The second-order valence-corrected chi connectivity index (χ2v) is 4.41. The summed E-state index contributed by atoms with van der Waals surface area (Å²) < 4.78 is 5.55. The minimum Gasteiger partial charge on any atom is -0.372 e. The average Bonchev–Trinajstić information content (AvgIpc) is 2.54. The summed E-state index contributed by atoms with van der Waals surface area (Å²) in [6.07, 6.45) is 1.15. The summed E-state index contributed by atoms with van der Waals surface area (Å²) in [5.74, 6) is 1.24. The smallest absolute Gasteiger partial charge is 0.141 e. The van der Waals surface area contributed by atoms with Gasteiger partial charge < -0.3 is 4.74 Å². The number of Topliss-reactive ketones (excluding diaryl/α,β-unsaturated/α-hetero) is 1. The predicted molar refractivity (Wildman–Crippen MR) is 38.0 cm³/mol. The molecule has 5 unspecified atom stereocenters. The topological polar surface area (TPSA) is 26.3 Å². The SMILES string of the molecule is O=C1CC2OC3C1C3C2Br. The van der Waals surface area contributed by atoms with Gasteiger partial charge in [0.15, 0.2) is 0 Å². The van der Waals surface area contributed by atoms with Crippen molar-refractivity contribution >= 4 is 21.7 Å². The highest BCUT2D eigenvalue weighted by Crippen LogP contribution is 2.59. The minimum absolute atomic E-state index is 0.201. The summed E-state index contributed by atoms with van der Waals surface area (Å²) in [6, 6.07) is 0. The number of halogens is 1. The van der Waals surface area contributed by atoms with Gasteiger partial charge in [-0.1, -0.05) is 15.9 Å². The Labute approximate surface area is 67.1 Å². The van der Waals surface area contributed by atoms with Crippen LogP contribution in [0.4, 0.5) is 0 Å². The van der Waals surface area contributed by atoms with Gasteiger partial charge in [0.05, 0.1) is 18.1 Å². The van der Waals surface area contributed by atoms with Crippen LogP contribution in [0.5, 0.6) is 0 Å². The molecule has 2 saturated heterocycles. The van der Waals surface area contributed by atoms with E-state index in [1.807, 2.05) is 0 Å². The Kier molecular flexibility index (Phi) is 0.848. The van der Waals surface area contributed by atoms with Gasteiger partial charge in [0, 0.05) is 17.2 Å². The lowest BCUT2D eigenvalue weighted by molar-refractivity contribution is -0.129. The van der Waals surface area contributed by atoms with Crippen LogP contribution in [0.25, 0.3) is 0 Å². The fourth-order valence-corrected chi connectivity index (χ4v) is 3.22. The number of carbonyl (C=O) groups is 1. The zero-order valence-corrected chi connectivity index (χ0v) is 6.87. The maximum atomic E-state index is 11.1. The summed E-state index contributed by atoms with van der Waals surface area (Å²) in [6.45, 7) is 0. The molecule has 0 amide bonds. The minimum atomic E-state index is 0.201. The van der Waals surface area contributed by atoms with Gasteiger partial charge in [-0.2, -0.15) is 0 Å². The van der Waals surface area contributed by atoms with Gasteiger partial charge in [-0.3, -0.25) is 4.79 Å². The van der Waals surface area contributed by atoms with Crippen LogP contribution < -0.4 is 0 Å². The van der Waals surface area contributed by atoms with Gasteiger partial charge >= 0.3 is 0 Å². The first-order chi connectivity index (χ1) is 4.79. The van der Waals surface area contributed by atoms with Crippen molar-refractivity contribution in [3.05, 3.63) is 0 Å². The fraction of sp³-hybridized carbons (Fsp3) is 0.857. The van der Waals surface area contributed by atoms with Crippen molar-refractivity contribution in [3.63, 3.8) is 0 Å². The van der Waals surface area contributed by atoms with Crippen molar-refractivity contribution in [2.24, 2.45) is 11.8 Å². The first kappa shape index (κ1) is 5.72. The van der Waals surface area contributed by atoms with Gasteiger partial charge in [0.25, 0.3) is 0 Å². The van der Waals surface area contributed by atoms with E-state index in [0.29, 0.717) is 29.1 Å². The molecule has 0 radical (unpaired) electrons. The maximum absolute atomic E-state index is 11.1. The van der Waals surface area contributed by atoms with Crippen LogP contribution in [0.15, 0.2) is 0 Å². The van der Waals surface area contributed by atoms with Gasteiger partial charge in [0.2, 0.25) is 0 Å². The summed E-state index contributed by atoms with van der Waals surface area (Å²) >= 11 is 3.55. The van der Waals surface area contributed by atoms with E-state index in [-0.39, 0.29) is 12.0 Å². The molecule has 0 aromatic carbocycles. The average molecular weight is 203 g/mol. The molecule has 0 aromatic rings. The van der Waals surface area contributed by atoms with E-state index >= 15 is 0 Å². The van der Waals surface area contributed by atoms with Gasteiger partial charge in [-0.25, -0.2) is 0 Å². The number of fused-ring (bicyclic) bond motifs is 1. The summed E-state index contributed by atoms with van der Waals surface area (Å²) in [5, 5.41) is 0. The molecular formula is C7H7BrO2. The number of hydrogen-bond acceptors (Lipinski definition) is 2. The largest absolute Gasteiger partial charge is 0.372 e. The Balaban J connectivity index is 2.01. The first-order valence-corrected chi connectivity index (χ1v) is 4.53. The molecule has 2 aliphatic heterocycles. The van der Waals surface area contributed by atoms with Crippen LogP contribution in [-0.4, -0.2) is 22.8 Å². The second-order valence-electron chi connectivity index (χ2n) is 3.36. The number of ether oxygens (including phenoxy) is 1. The van der Waals surface area contributed by atoms with Crippen molar-refractivity contribution in [3.8, 4) is 0 Å². The molecule has 5 atom stereocenters. The summed E-state index contributed by atoms with van der Waals surface area (Å²) in [5.41, 5.74) is 0. The van der Waals surface area contributed by atoms with Crippen LogP contribution in [0.3, 0.4) is 0 Å². The van der Waals surface area contributed by atoms with Crippen LogP contribution in [0, 0.1) is 11.8 Å². The van der Waals surface area contributed by atoms with E-state index < -0.39 is 0 Å². The Bertz CT molecular complexity index is 214. The van der Waals surface area contributed by atoms with Crippen LogP contribution in [-0.2, 0) is 9.53 Å². The number of rotatable bonds is 0. The molecule has 0 N–H and O–H groups in total. The Morgan fingerprint density at radius 1 is 1.60 bits per heavy atom. The molecule has 0 aromatic heterocycles. The lowest BCUT2D eigenvalue weighted by Crippen LogP contribution is -2.34. The van der Waals surface area contributed by atoms with E-state index in [1.54, 1.807) is 0 Å². The summed E-state index contributed by atoms with van der Waals surface area (Å²) in [4.78, 5) is 11.6. The lowest BCUT2D eigenvalue weighted by atomic mass is 9.96. The highest BCUT2D eigenvalue weighted by atomic mass is 79.9. The predicted octanol–water partition coefficient (Wildman–Crippen LogP) is 0.736. The highest BCUT2D eigenvalue weighted by Gasteiger charge is 2.69. The van der Waals surface area contributed by atoms with Gasteiger partial charge in [-0.15, -0.1) is 0 Å². The van der Waals surface area contributed by atoms with E-state index in [9.17, 15) is 4.79 Å². The standard InChI is InChI=1S/C7H7BrO2/c8-6-3-1-2(9)4-5(6)7(4)10-3/h3-7H,1H2. The van der Waals surface area contributed by atoms with Crippen molar-refractivity contribution in [1.82, 2.24) is 0 Å². The van der Waals surface area contributed by atoms with E-state index in [4.69, 9.17) is 4.74 Å². The molecule has 3 heteroatoms. The molecule has 4 fully saturated rings. The van der Waals surface area contributed by atoms with Crippen LogP contribution >= 0.6 is 15.9 Å². The third-order valence-electron chi connectivity index (χ3n) is 2.84. The van der Waals surface area contributed by atoms with Crippen LogP contribution in [0.1, 0.15) is 6.42 Å². The lowest BCUT2D eigenvalue weighted by Gasteiger charge is -2.23. The zero-order valence-electron chi connectivity index (χ0n) is 5.29. The molecule has 2 nitrogen and oxygen atoms in total. The summed E-state index contributed by atoms with van der Waals surface area (Å²) in [7, 11) is 0. The molecule has 2 heterocycles. The molecular weight excluding hydrogens is 196 g/mol. The molecule has 0 spiro atoms. The molecule has 54 valence electrons. The molecule has 2 saturated carbocycles. The Hall–Kier alpha value is 0.110.